The number of hydrogen-bond acceptors (Lipinski definition) is 4. The lowest BCUT2D eigenvalue weighted by Crippen LogP contribution is -2.15. The molecule has 2 rings (SSSR count). The average molecular weight is 232 g/mol. The molecule has 0 saturated carbocycles. The quantitative estimate of drug-likeness (QED) is 0.694. The summed E-state index contributed by atoms with van der Waals surface area (Å²) in [6.07, 6.45) is 3.08. The number of nitrogens with two attached hydrogens (primary N) is 1. The second kappa shape index (κ2) is 4.56. The SMILES string of the molecule is COc1cccc(N)c1C(=O)Nc1cn[nH]c1. The summed E-state index contributed by atoms with van der Waals surface area (Å²) in [5, 5.41) is 9.00. The molecule has 17 heavy (non-hydrogen) atoms. The molecule has 4 N–H and O–H groups in total. The number of anilines is 2. The lowest BCUT2D eigenvalue weighted by molar-refractivity contribution is 0.102. The van der Waals surface area contributed by atoms with Crippen LogP contribution in [0.5, 0.6) is 5.75 Å². The van der Waals surface area contributed by atoms with E-state index in [1.54, 1.807) is 24.4 Å². The van der Waals surface area contributed by atoms with Gasteiger partial charge in [0.2, 0.25) is 0 Å². The molecule has 0 radical (unpaired) electrons. The van der Waals surface area contributed by atoms with Crippen molar-refractivity contribution in [2.45, 2.75) is 0 Å². The van der Waals surface area contributed by atoms with E-state index in [2.05, 4.69) is 15.5 Å². The van der Waals surface area contributed by atoms with Crippen LogP contribution in [0.25, 0.3) is 0 Å². The first-order chi connectivity index (χ1) is 8.22. The number of hydrogen-bond donors (Lipinski definition) is 3. The number of amides is 1. The predicted octanol–water partition coefficient (Wildman–Crippen LogP) is 1.25. The summed E-state index contributed by atoms with van der Waals surface area (Å²) in [6.45, 7) is 0. The van der Waals surface area contributed by atoms with Crippen molar-refractivity contribution < 1.29 is 9.53 Å². The molecule has 6 heteroatoms. The molecule has 0 aliphatic rings. The van der Waals surface area contributed by atoms with Crippen LogP contribution >= 0.6 is 0 Å². The van der Waals surface area contributed by atoms with Gasteiger partial charge in [0.1, 0.15) is 11.3 Å². The highest BCUT2D eigenvalue weighted by Gasteiger charge is 2.15. The minimum absolute atomic E-state index is 0.316. The molecule has 88 valence electrons. The summed E-state index contributed by atoms with van der Waals surface area (Å²) in [7, 11) is 1.49. The van der Waals surface area contributed by atoms with Gasteiger partial charge in [-0.15, -0.1) is 0 Å². The van der Waals surface area contributed by atoms with Gasteiger partial charge in [-0.2, -0.15) is 5.10 Å². The Balaban J connectivity index is 2.30. The Morgan fingerprint density at radius 1 is 1.53 bits per heavy atom. The Labute approximate surface area is 97.8 Å². The number of aromatic nitrogens is 2. The van der Waals surface area contributed by atoms with Crippen LogP contribution in [0.4, 0.5) is 11.4 Å². The van der Waals surface area contributed by atoms with Gasteiger partial charge in [0.15, 0.2) is 0 Å². The highest BCUT2D eigenvalue weighted by molar-refractivity contribution is 6.09. The summed E-state index contributed by atoms with van der Waals surface area (Å²) in [5.74, 6) is 0.104. The van der Waals surface area contributed by atoms with Crippen molar-refractivity contribution in [3.63, 3.8) is 0 Å². The first-order valence-electron chi connectivity index (χ1n) is 4.95. The Kier molecular flexibility index (Phi) is 2.95. The second-order valence-corrected chi connectivity index (χ2v) is 3.37. The number of H-pyrrole nitrogens is 1. The van der Waals surface area contributed by atoms with Gasteiger partial charge in [-0.1, -0.05) is 6.07 Å². The molecule has 1 aromatic carbocycles. The summed E-state index contributed by atoms with van der Waals surface area (Å²) in [5.41, 5.74) is 7.01. The number of nitrogens with zero attached hydrogens (tertiary/aromatic N) is 1. The third-order valence-electron chi connectivity index (χ3n) is 2.26. The van der Waals surface area contributed by atoms with Gasteiger partial charge < -0.3 is 15.8 Å². The van der Waals surface area contributed by atoms with Crippen LogP contribution in [0, 0.1) is 0 Å². The Bertz CT molecular complexity index is 522. The highest BCUT2D eigenvalue weighted by atomic mass is 16.5. The van der Waals surface area contributed by atoms with Gasteiger partial charge >= 0.3 is 0 Å². The smallest absolute Gasteiger partial charge is 0.261 e. The number of rotatable bonds is 3. The molecule has 0 aliphatic heterocycles. The van der Waals surface area contributed by atoms with Gasteiger partial charge in [0.25, 0.3) is 5.91 Å². The van der Waals surface area contributed by atoms with E-state index in [-0.39, 0.29) is 5.91 Å². The maximum atomic E-state index is 12.0. The normalized spacial score (nSPS) is 9.94. The van der Waals surface area contributed by atoms with E-state index in [9.17, 15) is 4.79 Å². The van der Waals surface area contributed by atoms with Crippen molar-refractivity contribution in [1.82, 2.24) is 10.2 Å². The number of aromatic amines is 1. The topological polar surface area (TPSA) is 93.0 Å². The van der Waals surface area contributed by atoms with E-state index in [4.69, 9.17) is 10.5 Å². The van der Waals surface area contributed by atoms with E-state index in [0.717, 1.165) is 0 Å². The van der Waals surface area contributed by atoms with Crippen molar-refractivity contribution in [3.8, 4) is 5.75 Å². The first-order valence-corrected chi connectivity index (χ1v) is 4.95. The molecule has 2 aromatic rings. The molecule has 1 heterocycles. The second-order valence-electron chi connectivity index (χ2n) is 3.37. The third-order valence-corrected chi connectivity index (χ3v) is 2.26. The lowest BCUT2D eigenvalue weighted by Gasteiger charge is -2.10. The van der Waals surface area contributed by atoms with Crippen LogP contribution in [-0.2, 0) is 0 Å². The fraction of sp³-hybridized carbons (Fsp3) is 0.0909. The molecule has 0 atom stereocenters. The average Bonchev–Trinajstić information content (AvgIpc) is 2.81. The van der Waals surface area contributed by atoms with Crippen LogP contribution in [0.1, 0.15) is 10.4 Å². The fourth-order valence-corrected chi connectivity index (χ4v) is 1.47. The number of benzene rings is 1. The van der Waals surface area contributed by atoms with Gasteiger partial charge in [0.05, 0.1) is 19.0 Å². The Morgan fingerprint density at radius 2 is 2.35 bits per heavy atom. The minimum atomic E-state index is -0.332. The van der Waals surface area contributed by atoms with Crippen LogP contribution in [0.3, 0.4) is 0 Å². The molecule has 1 amide bonds. The zero-order valence-electron chi connectivity index (χ0n) is 9.23. The van der Waals surface area contributed by atoms with E-state index < -0.39 is 0 Å². The third kappa shape index (κ3) is 2.20. The zero-order chi connectivity index (χ0) is 12.3. The number of methoxy groups -OCH3 is 1. The standard InChI is InChI=1S/C11H12N4O2/c1-17-9-4-2-3-8(12)10(9)11(16)15-7-5-13-14-6-7/h2-6H,12H2,1H3,(H,13,14)(H,15,16). The van der Waals surface area contributed by atoms with E-state index >= 15 is 0 Å². The van der Waals surface area contributed by atoms with Gasteiger partial charge in [-0.05, 0) is 12.1 Å². The number of carbonyl (C=O) groups excluding carboxylic acids is 1. The number of ether oxygens (including phenoxy) is 1. The number of nitrogens with one attached hydrogen (secondary N) is 2. The molecular weight excluding hydrogens is 220 g/mol. The molecule has 0 aliphatic carbocycles. The largest absolute Gasteiger partial charge is 0.496 e. The number of carbonyl (C=O) groups is 1. The van der Waals surface area contributed by atoms with E-state index in [1.165, 1.54) is 13.3 Å². The molecule has 0 spiro atoms. The highest BCUT2D eigenvalue weighted by Crippen LogP contribution is 2.24. The summed E-state index contributed by atoms with van der Waals surface area (Å²) >= 11 is 0. The van der Waals surface area contributed by atoms with E-state index in [1.807, 2.05) is 0 Å². The molecular formula is C11H12N4O2. The van der Waals surface area contributed by atoms with Gasteiger partial charge in [-0.3, -0.25) is 9.89 Å². The molecule has 0 unspecified atom stereocenters. The fourth-order valence-electron chi connectivity index (χ4n) is 1.47. The van der Waals surface area contributed by atoms with Crippen molar-refractivity contribution in [1.29, 1.82) is 0 Å². The van der Waals surface area contributed by atoms with Gasteiger partial charge in [0, 0.05) is 11.9 Å². The zero-order valence-corrected chi connectivity index (χ0v) is 9.23. The number of nitrogen functional groups attached to an aromatic ring is 1. The first kappa shape index (κ1) is 11.0. The lowest BCUT2D eigenvalue weighted by atomic mass is 10.1. The Morgan fingerprint density at radius 3 is 3.00 bits per heavy atom. The van der Waals surface area contributed by atoms with Crippen molar-refractivity contribution in [3.05, 3.63) is 36.2 Å². The molecule has 0 fully saturated rings. The van der Waals surface area contributed by atoms with Crippen molar-refractivity contribution in [2.24, 2.45) is 0 Å². The summed E-state index contributed by atoms with van der Waals surface area (Å²) < 4.78 is 5.10. The van der Waals surface area contributed by atoms with Crippen molar-refractivity contribution >= 4 is 17.3 Å². The van der Waals surface area contributed by atoms with E-state index in [0.29, 0.717) is 22.7 Å². The van der Waals surface area contributed by atoms with Crippen molar-refractivity contribution in [2.75, 3.05) is 18.2 Å². The Hall–Kier alpha value is -2.50. The summed E-state index contributed by atoms with van der Waals surface area (Å²) in [4.78, 5) is 12.0. The minimum Gasteiger partial charge on any atom is -0.496 e. The molecule has 0 bridgehead atoms. The van der Waals surface area contributed by atoms with Gasteiger partial charge in [-0.25, -0.2) is 0 Å². The molecule has 1 aromatic heterocycles. The molecule has 6 nitrogen and oxygen atoms in total. The van der Waals surface area contributed by atoms with Crippen LogP contribution in [-0.4, -0.2) is 23.2 Å². The molecule has 0 saturated heterocycles. The van der Waals surface area contributed by atoms with Crippen LogP contribution in [0.2, 0.25) is 0 Å². The maximum absolute atomic E-state index is 12.0. The maximum Gasteiger partial charge on any atom is 0.261 e. The summed E-state index contributed by atoms with van der Waals surface area (Å²) in [6, 6.07) is 5.05. The predicted molar refractivity (Wildman–Crippen MR) is 63.9 cm³/mol. The van der Waals surface area contributed by atoms with Crippen LogP contribution < -0.4 is 15.8 Å². The monoisotopic (exact) mass is 232 g/mol. The van der Waals surface area contributed by atoms with Crippen LogP contribution in [0.15, 0.2) is 30.6 Å².